The van der Waals surface area contributed by atoms with Crippen molar-refractivity contribution in [3.05, 3.63) is 71.5 Å². The fraction of sp³-hybridized carbons (Fsp3) is 0.294. The molecular weight excluding hydrogens is 611 g/mol. The first kappa shape index (κ1) is 34.4. The van der Waals surface area contributed by atoms with Crippen LogP contribution in [0.5, 0.6) is 0 Å². The lowest BCUT2D eigenvalue weighted by molar-refractivity contribution is -0.130. The van der Waals surface area contributed by atoms with E-state index in [0.29, 0.717) is 39.8 Å². The molecule has 4 N–H and O–H groups in total. The molecule has 12 nitrogen and oxygen atoms in total. The molecule has 13 heteroatoms. The van der Waals surface area contributed by atoms with Crippen molar-refractivity contribution in [1.82, 2.24) is 10.6 Å². The number of nitrogens with one attached hydrogen (secondary N) is 4. The number of amides is 3. The lowest BCUT2D eigenvalue weighted by Crippen LogP contribution is -2.40. The molecule has 0 saturated carbocycles. The molecule has 0 unspecified atom stereocenters. The van der Waals surface area contributed by atoms with Gasteiger partial charge in [-0.15, -0.1) is 0 Å². The number of benzene rings is 3. The summed E-state index contributed by atoms with van der Waals surface area (Å²) >= 11 is 0. The molecule has 0 aliphatic carbocycles. The third kappa shape index (κ3) is 8.85. The lowest BCUT2D eigenvalue weighted by Gasteiger charge is -2.21. The van der Waals surface area contributed by atoms with Gasteiger partial charge in [-0.05, 0) is 74.9 Å². The number of hydrogen-bond donors (Lipinski definition) is 4. The SMILES string of the molecule is CNC(=O)c1c(-c2ccc(F)cc2)oc2cc(NC)c(-c3cc(NC(=O)OCCOCCOC=O)cc(C(=O)NC(C)(C)C)c3)cc12. The van der Waals surface area contributed by atoms with Crippen molar-refractivity contribution in [1.29, 1.82) is 0 Å². The molecule has 47 heavy (non-hydrogen) atoms. The molecule has 3 amide bonds. The van der Waals surface area contributed by atoms with Gasteiger partial charge in [0.15, 0.2) is 0 Å². The third-order valence-electron chi connectivity index (χ3n) is 6.77. The van der Waals surface area contributed by atoms with Crippen LogP contribution in [0.2, 0.25) is 0 Å². The van der Waals surface area contributed by atoms with Gasteiger partial charge in [-0.1, -0.05) is 0 Å². The number of halogens is 1. The van der Waals surface area contributed by atoms with E-state index in [9.17, 15) is 23.6 Å². The zero-order chi connectivity index (χ0) is 34.1. The number of hydrogen-bond acceptors (Lipinski definition) is 9. The molecule has 0 aliphatic heterocycles. The minimum atomic E-state index is -0.776. The summed E-state index contributed by atoms with van der Waals surface area (Å²) in [5.41, 5.74) is 2.92. The summed E-state index contributed by atoms with van der Waals surface area (Å²) in [5.74, 6) is -0.942. The molecule has 1 aromatic heterocycles. The first-order valence-corrected chi connectivity index (χ1v) is 14.7. The summed E-state index contributed by atoms with van der Waals surface area (Å²) in [6.45, 7) is 6.12. The van der Waals surface area contributed by atoms with Crippen molar-refractivity contribution < 1.29 is 42.2 Å². The van der Waals surface area contributed by atoms with E-state index in [1.165, 1.54) is 37.4 Å². The highest BCUT2D eigenvalue weighted by Crippen LogP contribution is 2.40. The van der Waals surface area contributed by atoms with E-state index < -0.39 is 23.4 Å². The Hall–Kier alpha value is -5.43. The van der Waals surface area contributed by atoms with E-state index in [1.54, 1.807) is 31.3 Å². The maximum absolute atomic E-state index is 13.7. The third-order valence-corrected chi connectivity index (χ3v) is 6.77. The van der Waals surface area contributed by atoms with Gasteiger partial charge < -0.3 is 34.6 Å². The summed E-state index contributed by atoms with van der Waals surface area (Å²) in [7, 11) is 3.22. The number of anilines is 2. The molecular formula is C34H37FN4O8. The van der Waals surface area contributed by atoms with Crippen LogP contribution in [0.15, 0.2) is 59.0 Å². The van der Waals surface area contributed by atoms with Crippen LogP contribution in [0, 0.1) is 5.82 Å². The zero-order valence-corrected chi connectivity index (χ0v) is 26.7. The lowest BCUT2D eigenvalue weighted by atomic mass is 9.96. The van der Waals surface area contributed by atoms with E-state index in [4.69, 9.17) is 13.9 Å². The monoisotopic (exact) mass is 648 g/mol. The Labute approximate surface area is 270 Å². The second-order valence-corrected chi connectivity index (χ2v) is 11.4. The quantitative estimate of drug-likeness (QED) is 0.107. The Kier molecular flexibility index (Phi) is 11.2. The number of fused-ring (bicyclic) bond motifs is 1. The van der Waals surface area contributed by atoms with Gasteiger partial charge in [0.1, 0.15) is 30.4 Å². The molecule has 0 radical (unpaired) electrons. The van der Waals surface area contributed by atoms with Gasteiger partial charge in [0, 0.05) is 59.2 Å². The van der Waals surface area contributed by atoms with Gasteiger partial charge in [-0.25, -0.2) is 9.18 Å². The first-order chi connectivity index (χ1) is 22.4. The van der Waals surface area contributed by atoms with Crippen LogP contribution >= 0.6 is 0 Å². The number of furan rings is 1. The standard InChI is InChI=1S/C34H37FN4O8/c1-34(2,3)39-31(41)22-14-21(15-24(16-22)38-33(43)46-13-12-44-10-11-45-19-40)25-17-26-28(18-27(25)36-4)47-30(29(26)32(42)37-5)20-6-8-23(35)9-7-20/h6-9,14-19,36H,10-13H2,1-5H3,(H,37,42)(H,38,43)(H,39,41). The summed E-state index contributed by atoms with van der Waals surface area (Å²) in [5, 5.41) is 11.9. The Morgan fingerprint density at radius 1 is 0.894 bits per heavy atom. The van der Waals surface area contributed by atoms with Crippen molar-refractivity contribution in [2.45, 2.75) is 26.3 Å². The van der Waals surface area contributed by atoms with Crippen LogP contribution in [0.25, 0.3) is 33.4 Å². The van der Waals surface area contributed by atoms with Crippen LogP contribution < -0.4 is 21.3 Å². The largest absolute Gasteiger partial charge is 0.465 e. The summed E-state index contributed by atoms with van der Waals surface area (Å²) < 4.78 is 34.8. The topological polar surface area (TPSA) is 157 Å². The van der Waals surface area contributed by atoms with Crippen molar-refractivity contribution in [2.75, 3.05) is 51.2 Å². The molecule has 0 saturated heterocycles. The van der Waals surface area contributed by atoms with E-state index in [2.05, 4.69) is 26.0 Å². The normalized spacial score (nSPS) is 11.1. The predicted octanol–water partition coefficient (Wildman–Crippen LogP) is 5.57. The highest BCUT2D eigenvalue weighted by molar-refractivity contribution is 6.13. The molecule has 248 valence electrons. The van der Waals surface area contributed by atoms with E-state index in [-0.39, 0.29) is 54.9 Å². The molecule has 3 aromatic carbocycles. The molecule has 1 heterocycles. The van der Waals surface area contributed by atoms with Gasteiger partial charge in [-0.3, -0.25) is 19.7 Å². The summed E-state index contributed by atoms with van der Waals surface area (Å²) in [6, 6.07) is 14.0. The average Bonchev–Trinajstić information content (AvgIpc) is 3.41. The number of ether oxygens (including phenoxy) is 3. The van der Waals surface area contributed by atoms with Crippen molar-refractivity contribution in [3.63, 3.8) is 0 Å². The van der Waals surface area contributed by atoms with Gasteiger partial charge in [0.2, 0.25) is 0 Å². The van der Waals surface area contributed by atoms with Gasteiger partial charge in [0.25, 0.3) is 18.3 Å². The fourth-order valence-electron chi connectivity index (χ4n) is 4.75. The smallest absolute Gasteiger partial charge is 0.411 e. The molecule has 4 aromatic rings. The summed E-state index contributed by atoms with van der Waals surface area (Å²) in [6.07, 6.45) is -0.776. The molecule has 0 atom stereocenters. The minimum absolute atomic E-state index is 0.0658. The molecule has 0 aliphatic rings. The zero-order valence-electron chi connectivity index (χ0n) is 26.7. The first-order valence-electron chi connectivity index (χ1n) is 14.7. The Balaban J connectivity index is 1.76. The molecule has 0 spiro atoms. The second kappa shape index (κ2) is 15.2. The maximum Gasteiger partial charge on any atom is 0.411 e. The Bertz CT molecular complexity index is 1760. The van der Waals surface area contributed by atoms with Crippen LogP contribution in [-0.2, 0) is 19.0 Å². The Morgan fingerprint density at radius 3 is 2.28 bits per heavy atom. The number of carbonyl (C=O) groups is 4. The number of carbonyl (C=O) groups excluding carboxylic acids is 4. The molecule has 0 fully saturated rings. The van der Waals surface area contributed by atoms with Crippen molar-refractivity contribution >= 4 is 46.7 Å². The van der Waals surface area contributed by atoms with E-state index in [0.717, 1.165) is 0 Å². The number of rotatable bonds is 13. The van der Waals surface area contributed by atoms with Crippen molar-refractivity contribution in [3.8, 4) is 22.5 Å². The average molecular weight is 649 g/mol. The Morgan fingerprint density at radius 2 is 1.62 bits per heavy atom. The predicted molar refractivity (Wildman–Crippen MR) is 175 cm³/mol. The van der Waals surface area contributed by atoms with Gasteiger partial charge in [0.05, 0.1) is 18.8 Å². The van der Waals surface area contributed by atoms with Crippen molar-refractivity contribution in [2.24, 2.45) is 0 Å². The minimum Gasteiger partial charge on any atom is -0.465 e. The molecule has 0 bridgehead atoms. The second-order valence-electron chi connectivity index (χ2n) is 11.4. The fourth-order valence-corrected chi connectivity index (χ4v) is 4.75. The van der Waals surface area contributed by atoms with E-state index in [1.807, 2.05) is 20.8 Å². The molecule has 4 rings (SSSR count). The summed E-state index contributed by atoms with van der Waals surface area (Å²) in [4.78, 5) is 49.4. The highest BCUT2D eigenvalue weighted by Gasteiger charge is 2.24. The van der Waals surface area contributed by atoms with Crippen LogP contribution in [0.4, 0.5) is 20.6 Å². The van der Waals surface area contributed by atoms with Crippen LogP contribution in [0.1, 0.15) is 41.5 Å². The highest BCUT2D eigenvalue weighted by atomic mass is 19.1. The van der Waals surface area contributed by atoms with Gasteiger partial charge >= 0.3 is 6.09 Å². The van der Waals surface area contributed by atoms with Crippen LogP contribution in [-0.4, -0.2) is 70.4 Å². The van der Waals surface area contributed by atoms with E-state index >= 15 is 0 Å². The van der Waals surface area contributed by atoms with Gasteiger partial charge in [-0.2, -0.15) is 0 Å². The van der Waals surface area contributed by atoms with Crippen LogP contribution in [0.3, 0.4) is 0 Å². The maximum atomic E-state index is 13.7.